The number of pyridine rings is 1. The van der Waals surface area contributed by atoms with Crippen molar-refractivity contribution in [3.8, 4) is 0 Å². The van der Waals surface area contributed by atoms with E-state index < -0.39 is 5.60 Å². The fourth-order valence-corrected chi connectivity index (χ4v) is 2.83. The summed E-state index contributed by atoms with van der Waals surface area (Å²) >= 11 is 0. The normalized spacial score (nSPS) is 24.4. The summed E-state index contributed by atoms with van der Waals surface area (Å²) in [4.78, 5) is 6.87. The van der Waals surface area contributed by atoms with Gasteiger partial charge in [0.05, 0.1) is 5.60 Å². The van der Waals surface area contributed by atoms with Crippen molar-refractivity contribution < 1.29 is 5.11 Å². The molecule has 1 atom stereocenters. The minimum atomic E-state index is -0.528. The summed E-state index contributed by atoms with van der Waals surface area (Å²) in [6.45, 7) is 3.78. The molecule has 1 aromatic carbocycles. The first-order valence-corrected chi connectivity index (χ1v) is 6.97. The average molecular weight is 256 g/mol. The van der Waals surface area contributed by atoms with Gasteiger partial charge in [-0.05, 0) is 37.6 Å². The molecule has 0 aliphatic carbocycles. The second kappa shape index (κ2) is 4.82. The van der Waals surface area contributed by atoms with E-state index in [1.807, 2.05) is 19.2 Å². The van der Waals surface area contributed by atoms with Crippen LogP contribution in [0, 0.1) is 0 Å². The highest BCUT2D eigenvalue weighted by atomic mass is 16.3. The number of fused-ring (bicyclic) bond motifs is 1. The lowest BCUT2D eigenvalue weighted by Gasteiger charge is -2.24. The maximum absolute atomic E-state index is 10.2. The van der Waals surface area contributed by atoms with Gasteiger partial charge in [0.1, 0.15) is 5.82 Å². The number of benzene rings is 1. The van der Waals surface area contributed by atoms with Gasteiger partial charge in [-0.25, -0.2) is 4.98 Å². The molecule has 3 nitrogen and oxygen atoms in total. The first-order valence-electron chi connectivity index (χ1n) is 6.97. The van der Waals surface area contributed by atoms with Crippen LogP contribution in [0.5, 0.6) is 0 Å². The molecule has 1 unspecified atom stereocenters. The molecule has 0 spiro atoms. The molecule has 2 heterocycles. The fourth-order valence-electron chi connectivity index (χ4n) is 2.83. The van der Waals surface area contributed by atoms with E-state index in [0.29, 0.717) is 0 Å². The van der Waals surface area contributed by atoms with Crippen LogP contribution in [0.3, 0.4) is 0 Å². The number of aliphatic hydroxyl groups is 1. The van der Waals surface area contributed by atoms with Crippen molar-refractivity contribution in [3.63, 3.8) is 0 Å². The van der Waals surface area contributed by atoms with Crippen molar-refractivity contribution >= 4 is 16.6 Å². The highest BCUT2D eigenvalue weighted by Gasteiger charge is 2.25. The van der Waals surface area contributed by atoms with Crippen molar-refractivity contribution in [2.24, 2.45) is 0 Å². The van der Waals surface area contributed by atoms with E-state index in [0.717, 1.165) is 38.2 Å². The van der Waals surface area contributed by atoms with E-state index in [2.05, 4.69) is 34.1 Å². The summed E-state index contributed by atoms with van der Waals surface area (Å²) in [5.41, 5.74) is -0.528. The van der Waals surface area contributed by atoms with Gasteiger partial charge in [-0.1, -0.05) is 24.3 Å². The highest BCUT2D eigenvalue weighted by Crippen LogP contribution is 2.28. The third-order valence-electron chi connectivity index (χ3n) is 4.02. The number of hydrogen-bond acceptors (Lipinski definition) is 3. The fraction of sp³-hybridized carbons (Fsp3) is 0.438. The molecule has 0 radical (unpaired) electrons. The molecule has 0 amide bonds. The SMILES string of the molecule is CC1(O)CCCN(c2nccc3ccccc23)CC1. The van der Waals surface area contributed by atoms with Crippen LogP contribution < -0.4 is 4.90 Å². The molecule has 0 saturated carbocycles. The van der Waals surface area contributed by atoms with Gasteiger partial charge >= 0.3 is 0 Å². The van der Waals surface area contributed by atoms with Gasteiger partial charge in [-0.3, -0.25) is 0 Å². The smallest absolute Gasteiger partial charge is 0.136 e. The maximum Gasteiger partial charge on any atom is 0.136 e. The van der Waals surface area contributed by atoms with E-state index in [-0.39, 0.29) is 0 Å². The van der Waals surface area contributed by atoms with Crippen molar-refractivity contribution in [2.75, 3.05) is 18.0 Å². The van der Waals surface area contributed by atoms with Crippen LogP contribution in [0.25, 0.3) is 10.8 Å². The third kappa shape index (κ3) is 2.56. The predicted molar refractivity (Wildman–Crippen MR) is 78.4 cm³/mol. The summed E-state index contributed by atoms with van der Waals surface area (Å²) in [7, 11) is 0. The van der Waals surface area contributed by atoms with E-state index in [4.69, 9.17) is 0 Å². The molecule has 3 heteroatoms. The number of rotatable bonds is 1. The molecule has 2 aromatic rings. The van der Waals surface area contributed by atoms with Crippen LogP contribution in [-0.2, 0) is 0 Å². The molecule has 3 rings (SSSR count). The molecule has 1 aliphatic heterocycles. The zero-order valence-corrected chi connectivity index (χ0v) is 11.3. The Kier molecular flexibility index (Phi) is 3.15. The van der Waals surface area contributed by atoms with Gasteiger partial charge in [-0.2, -0.15) is 0 Å². The molecular weight excluding hydrogens is 236 g/mol. The Morgan fingerprint density at radius 1 is 1.16 bits per heavy atom. The lowest BCUT2D eigenvalue weighted by molar-refractivity contribution is 0.0481. The molecule has 19 heavy (non-hydrogen) atoms. The molecule has 1 fully saturated rings. The summed E-state index contributed by atoms with van der Waals surface area (Å²) in [6, 6.07) is 10.4. The molecule has 0 bridgehead atoms. The van der Waals surface area contributed by atoms with Crippen LogP contribution in [0.2, 0.25) is 0 Å². The molecule has 1 aliphatic rings. The first-order chi connectivity index (χ1) is 9.16. The van der Waals surface area contributed by atoms with Crippen LogP contribution in [-0.4, -0.2) is 28.8 Å². The average Bonchev–Trinajstić information content (AvgIpc) is 2.59. The van der Waals surface area contributed by atoms with Crippen LogP contribution >= 0.6 is 0 Å². The first kappa shape index (κ1) is 12.4. The Morgan fingerprint density at radius 3 is 2.89 bits per heavy atom. The number of anilines is 1. The molecule has 1 aromatic heterocycles. The van der Waals surface area contributed by atoms with Crippen molar-refractivity contribution in [1.29, 1.82) is 0 Å². The Morgan fingerprint density at radius 2 is 2.00 bits per heavy atom. The second-order valence-corrected chi connectivity index (χ2v) is 5.69. The Hall–Kier alpha value is -1.61. The summed E-state index contributed by atoms with van der Waals surface area (Å²) in [6.07, 6.45) is 4.56. The second-order valence-electron chi connectivity index (χ2n) is 5.69. The van der Waals surface area contributed by atoms with E-state index >= 15 is 0 Å². The number of aromatic nitrogens is 1. The minimum absolute atomic E-state index is 0.528. The van der Waals surface area contributed by atoms with Gasteiger partial charge in [0.25, 0.3) is 0 Å². The standard InChI is InChI=1S/C16H20N2O/c1-16(19)8-4-11-18(12-9-16)15-14-6-3-2-5-13(14)7-10-17-15/h2-3,5-7,10,19H,4,8-9,11-12H2,1H3. The summed E-state index contributed by atoms with van der Waals surface area (Å²) < 4.78 is 0. The monoisotopic (exact) mass is 256 g/mol. The van der Waals surface area contributed by atoms with E-state index in [9.17, 15) is 5.11 Å². The Bertz CT molecular complexity index is 574. The van der Waals surface area contributed by atoms with E-state index in [1.54, 1.807) is 0 Å². The maximum atomic E-state index is 10.2. The highest BCUT2D eigenvalue weighted by molar-refractivity contribution is 5.92. The van der Waals surface area contributed by atoms with Gasteiger partial charge in [-0.15, -0.1) is 0 Å². The lowest BCUT2D eigenvalue weighted by Crippen LogP contribution is -2.28. The Balaban J connectivity index is 1.96. The predicted octanol–water partition coefficient (Wildman–Crippen LogP) is 2.98. The molecule has 100 valence electrons. The summed E-state index contributed by atoms with van der Waals surface area (Å²) in [5.74, 6) is 1.05. The topological polar surface area (TPSA) is 36.4 Å². The zero-order chi connectivity index (χ0) is 13.3. The molecule has 1 N–H and O–H groups in total. The van der Waals surface area contributed by atoms with Crippen LogP contribution in [0.1, 0.15) is 26.2 Å². The van der Waals surface area contributed by atoms with Crippen molar-refractivity contribution in [2.45, 2.75) is 31.8 Å². The number of nitrogens with zero attached hydrogens (tertiary/aromatic N) is 2. The Labute approximate surface area is 113 Å². The number of hydrogen-bond donors (Lipinski definition) is 1. The molecule has 1 saturated heterocycles. The summed E-state index contributed by atoms with van der Waals surface area (Å²) in [5, 5.41) is 12.6. The van der Waals surface area contributed by atoms with Crippen LogP contribution in [0.4, 0.5) is 5.82 Å². The minimum Gasteiger partial charge on any atom is -0.390 e. The largest absolute Gasteiger partial charge is 0.390 e. The van der Waals surface area contributed by atoms with E-state index in [1.165, 1.54) is 10.8 Å². The van der Waals surface area contributed by atoms with Crippen molar-refractivity contribution in [1.82, 2.24) is 4.98 Å². The van der Waals surface area contributed by atoms with Crippen molar-refractivity contribution in [3.05, 3.63) is 36.5 Å². The molecular formula is C16H20N2O. The zero-order valence-electron chi connectivity index (χ0n) is 11.3. The van der Waals surface area contributed by atoms with Gasteiger partial charge < -0.3 is 10.0 Å². The van der Waals surface area contributed by atoms with Gasteiger partial charge in [0.2, 0.25) is 0 Å². The van der Waals surface area contributed by atoms with Gasteiger partial charge in [0.15, 0.2) is 0 Å². The third-order valence-corrected chi connectivity index (χ3v) is 4.02. The quantitative estimate of drug-likeness (QED) is 0.852. The lowest BCUT2D eigenvalue weighted by atomic mass is 9.98. The van der Waals surface area contributed by atoms with Crippen LogP contribution in [0.15, 0.2) is 36.5 Å². The van der Waals surface area contributed by atoms with Gasteiger partial charge in [0, 0.05) is 24.7 Å².